The molecule has 0 fully saturated rings. The summed E-state index contributed by atoms with van der Waals surface area (Å²) in [6.45, 7) is 4.59. The summed E-state index contributed by atoms with van der Waals surface area (Å²) in [6.07, 6.45) is 0. The maximum absolute atomic E-state index is 12.4. The molecule has 0 saturated heterocycles. The van der Waals surface area contributed by atoms with E-state index in [4.69, 9.17) is 18.0 Å². The van der Waals surface area contributed by atoms with Crippen LogP contribution in [0.2, 0.25) is 0 Å². The Bertz CT molecular complexity index is 672. The Hall–Kier alpha value is -1.72. The van der Waals surface area contributed by atoms with E-state index in [-0.39, 0.29) is 5.91 Å². The van der Waals surface area contributed by atoms with E-state index in [1.807, 2.05) is 44.2 Å². The largest absolute Gasteiger partial charge is 0.389 e. The van der Waals surface area contributed by atoms with Gasteiger partial charge in [-0.15, -0.1) is 11.3 Å². The molecule has 2 rings (SSSR count). The summed E-state index contributed by atoms with van der Waals surface area (Å²) in [5.41, 5.74) is 8.64. The number of thiophene rings is 1. The van der Waals surface area contributed by atoms with Gasteiger partial charge >= 0.3 is 0 Å². The first-order valence-corrected chi connectivity index (χ1v) is 7.82. The van der Waals surface area contributed by atoms with Crippen LogP contribution in [0.15, 0.2) is 30.3 Å². The van der Waals surface area contributed by atoms with Crippen molar-refractivity contribution in [3.63, 3.8) is 0 Å². The van der Waals surface area contributed by atoms with Gasteiger partial charge in [0.25, 0.3) is 5.91 Å². The lowest BCUT2D eigenvalue weighted by Crippen LogP contribution is -2.25. The molecule has 0 saturated carbocycles. The van der Waals surface area contributed by atoms with Crippen molar-refractivity contribution in [3.8, 4) is 0 Å². The molecule has 1 amide bonds. The van der Waals surface area contributed by atoms with E-state index in [0.717, 1.165) is 21.6 Å². The molecule has 2 N–H and O–H groups in total. The van der Waals surface area contributed by atoms with Crippen LogP contribution in [0.25, 0.3) is 0 Å². The monoisotopic (exact) mass is 318 g/mol. The zero-order valence-electron chi connectivity index (χ0n) is 12.3. The van der Waals surface area contributed by atoms with E-state index >= 15 is 0 Å². The van der Waals surface area contributed by atoms with Crippen molar-refractivity contribution < 1.29 is 4.79 Å². The van der Waals surface area contributed by atoms with Gasteiger partial charge in [-0.25, -0.2) is 0 Å². The van der Waals surface area contributed by atoms with Gasteiger partial charge < -0.3 is 10.6 Å². The van der Waals surface area contributed by atoms with E-state index in [0.29, 0.717) is 11.5 Å². The predicted octanol–water partition coefficient (Wildman–Crippen LogP) is 3.27. The molecule has 0 bridgehead atoms. The van der Waals surface area contributed by atoms with Gasteiger partial charge in [-0.05, 0) is 37.1 Å². The molecule has 0 atom stereocenters. The highest BCUT2D eigenvalue weighted by atomic mass is 32.1. The summed E-state index contributed by atoms with van der Waals surface area (Å²) < 4.78 is 0. The van der Waals surface area contributed by atoms with Crippen LogP contribution in [0.5, 0.6) is 0 Å². The van der Waals surface area contributed by atoms with Crippen LogP contribution in [0.1, 0.15) is 31.2 Å². The number of carbonyl (C=O) groups excluding carboxylic acids is 1. The molecule has 21 heavy (non-hydrogen) atoms. The van der Waals surface area contributed by atoms with Crippen molar-refractivity contribution in [2.45, 2.75) is 20.4 Å². The van der Waals surface area contributed by atoms with Gasteiger partial charge in [0.2, 0.25) is 0 Å². The first-order chi connectivity index (χ1) is 9.88. The molecule has 0 aliphatic carbocycles. The second-order valence-electron chi connectivity index (χ2n) is 5.08. The number of nitrogens with two attached hydrogens (primary N) is 1. The Kier molecular flexibility index (Phi) is 4.75. The molecule has 0 aliphatic heterocycles. The SMILES string of the molecule is Cc1cc(C(=O)N(C)Cc2cccc(C(N)=S)c2)sc1C. The van der Waals surface area contributed by atoms with Gasteiger partial charge in [0.1, 0.15) is 4.99 Å². The maximum atomic E-state index is 12.4. The Morgan fingerprint density at radius 1 is 1.33 bits per heavy atom. The van der Waals surface area contributed by atoms with Gasteiger partial charge in [0, 0.05) is 24.0 Å². The molecule has 5 heteroatoms. The highest BCUT2D eigenvalue weighted by molar-refractivity contribution is 7.80. The number of amides is 1. The molecule has 1 aromatic heterocycles. The fourth-order valence-corrected chi connectivity index (χ4v) is 3.19. The lowest BCUT2D eigenvalue weighted by Gasteiger charge is -2.16. The van der Waals surface area contributed by atoms with E-state index < -0.39 is 0 Å². The standard InChI is InChI=1S/C16H18N2OS2/c1-10-7-14(21-11(10)2)16(19)18(3)9-12-5-4-6-13(8-12)15(17)20/h4-8H,9H2,1-3H3,(H2,17,20). The number of aryl methyl sites for hydroxylation is 2. The molecule has 3 nitrogen and oxygen atoms in total. The average Bonchev–Trinajstić information content (AvgIpc) is 2.78. The Morgan fingerprint density at radius 2 is 2.05 bits per heavy atom. The summed E-state index contributed by atoms with van der Waals surface area (Å²) in [7, 11) is 1.81. The van der Waals surface area contributed by atoms with Gasteiger partial charge in [-0.2, -0.15) is 0 Å². The van der Waals surface area contributed by atoms with E-state index in [1.165, 1.54) is 16.2 Å². The number of rotatable bonds is 4. The minimum Gasteiger partial charge on any atom is -0.389 e. The van der Waals surface area contributed by atoms with Crippen LogP contribution in [-0.2, 0) is 6.54 Å². The van der Waals surface area contributed by atoms with Crippen LogP contribution in [0, 0.1) is 13.8 Å². The van der Waals surface area contributed by atoms with Gasteiger partial charge in [0.15, 0.2) is 0 Å². The first kappa shape index (κ1) is 15.7. The van der Waals surface area contributed by atoms with Gasteiger partial charge in [-0.3, -0.25) is 4.79 Å². The van der Waals surface area contributed by atoms with Crippen LogP contribution >= 0.6 is 23.6 Å². The average molecular weight is 318 g/mol. The third-order valence-corrected chi connectivity index (χ3v) is 4.73. The molecule has 0 radical (unpaired) electrons. The number of hydrogen-bond donors (Lipinski definition) is 1. The molecule has 110 valence electrons. The number of carbonyl (C=O) groups is 1. The molecular formula is C16H18N2OS2. The highest BCUT2D eigenvalue weighted by Crippen LogP contribution is 2.22. The maximum Gasteiger partial charge on any atom is 0.263 e. The Labute approximate surface area is 134 Å². The Morgan fingerprint density at radius 3 is 2.62 bits per heavy atom. The van der Waals surface area contributed by atoms with E-state index in [2.05, 4.69) is 0 Å². The lowest BCUT2D eigenvalue weighted by molar-refractivity contribution is 0.0790. The molecule has 1 heterocycles. The van der Waals surface area contributed by atoms with Gasteiger partial charge in [-0.1, -0.05) is 30.4 Å². The van der Waals surface area contributed by atoms with Crippen molar-refractivity contribution in [2.24, 2.45) is 5.73 Å². The summed E-state index contributed by atoms with van der Waals surface area (Å²) in [5, 5.41) is 0. The quantitative estimate of drug-likeness (QED) is 0.880. The Balaban J connectivity index is 2.14. The number of hydrogen-bond acceptors (Lipinski definition) is 3. The summed E-state index contributed by atoms with van der Waals surface area (Å²) in [5.74, 6) is 0.0388. The van der Waals surface area contributed by atoms with Crippen LogP contribution < -0.4 is 5.73 Å². The zero-order valence-corrected chi connectivity index (χ0v) is 14.0. The number of thiocarbonyl (C=S) groups is 1. The fourth-order valence-electron chi connectivity index (χ4n) is 2.04. The second-order valence-corrected chi connectivity index (χ2v) is 6.77. The third-order valence-electron chi connectivity index (χ3n) is 3.35. The second kappa shape index (κ2) is 6.37. The summed E-state index contributed by atoms with van der Waals surface area (Å²) in [6, 6.07) is 9.62. The smallest absolute Gasteiger partial charge is 0.263 e. The van der Waals surface area contributed by atoms with Crippen molar-refractivity contribution in [1.82, 2.24) is 4.90 Å². The predicted molar refractivity (Wildman–Crippen MR) is 91.9 cm³/mol. The topological polar surface area (TPSA) is 46.3 Å². The molecule has 2 aromatic rings. The number of benzene rings is 1. The molecule has 1 aromatic carbocycles. The van der Waals surface area contributed by atoms with Crippen molar-refractivity contribution in [3.05, 3.63) is 56.8 Å². The number of nitrogens with zero attached hydrogens (tertiary/aromatic N) is 1. The van der Waals surface area contributed by atoms with Crippen LogP contribution in [0.4, 0.5) is 0 Å². The third kappa shape index (κ3) is 3.68. The highest BCUT2D eigenvalue weighted by Gasteiger charge is 2.15. The van der Waals surface area contributed by atoms with Crippen LogP contribution in [0.3, 0.4) is 0 Å². The summed E-state index contributed by atoms with van der Waals surface area (Å²) >= 11 is 6.52. The minimum absolute atomic E-state index is 0.0388. The summed E-state index contributed by atoms with van der Waals surface area (Å²) in [4.78, 5) is 16.5. The molecular weight excluding hydrogens is 300 g/mol. The van der Waals surface area contributed by atoms with E-state index in [9.17, 15) is 4.79 Å². The van der Waals surface area contributed by atoms with E-state index in [1.54, 1.807) is 11.9 Å². The van der Waals surface area contributed by atoms with Crippen molar-refractivity contribution in [2.75, 3.05) is 7.05 Å². The van der Waals surface area contributed by atoms with Gasteiger partial charge in [0.05, 0.1) is 4.88 Å². The lowest BCUT2D eigenvalue weighted by atomic mass is 10.1. The van der Waals surface area contributed by atoms with Crippen molar-refractivity contribution >= 4 is 34.5 Å². The fraction of sp³-hybridized carbons (Fsp3) is 0.250. The minimum atomic E-state index is 0.0388. The molecule has 0 aliphatic rings. The van der Waals surface area contributed by atoms with Crippen molar-refractivity contribution in [1.29, 1.82) is 0 Å². The molecule has 0 spiro atoms. The normalized spacial score (nSPS) is 10.4. The zero-order chi connectivity index (χ0) is 15.6. The molecule has 0 unspecified atom stereocenters. The first-order valence-electron chi connectivity index (χ1n) is 6.59. The van der Waals surface area contributed by atoms with Crippen LogP contribution in [-0.4, -0.2) is 22.8 Å².